The molecule has 9 nitrogen and oxygen atoms in total. The Morgan fingerprint density at radius 1 is 1.13 bits per heavy atom. The third-order valence-electron chi connectivity index (χ3n) is 6.92. The number of hydrogen-bond donors (Lipinski definition) is 1. The fourth-order valence-electron chi connectivity index (χ4n) is 4.92. The van der Waals surface area contributed by atoms with Crippen LogP contribution in [0, 0.1) is 6.92 Å². The summed E-state index contributed by atoms with van der Waals surface area (Å²) in [6.45, 7) is 3.76. The largest absolute Gasteiger partial charge is 0.496 e. The molecule has 1 N–H and O–H groups in total. The topological polar surface area (TPSA) is 96.3 Å². The Hall–Kier alpha value is -4.40. The normalized spacial score (nSPS) is 13.5. The molecule has 0 bridgehead atoms. The van der Waals surface area contributed by atoms with E-state index in [1.807, 2.05) is 23.1 Å². The molecule has 1 aliphatic heterocycles. The summed E-state index contributed by atoms with van der Waals surface area (Å²) in [5, 5.41) is 8.70. The fraction of sp³-hybridized carbons (Fsp3) is 0.310. The van der Waals surface area contributed by atoms with Crippen LogP contribution in [-0.4, -0.2) is 75.9 Å². The summed E-state index contributed by atoms with van der Waals surface area (Å²) < 4.78 is 7.40. The second kappa shape index (κ2) is 10.5. The molecule has 1 aliphatic rings. The van der Waals surface area contributed by atoms with Gasteiger partial charge >= 0.3 is 0 Å². The number of rotatable bonds is 7. The molecule has 5 rings (SSSR count). The highest BCUT2D eigenvalue weighted by Gasteiger charge is 2.22. The minimum atomic E-state index is -0.0917. The number of H-pyrrole nitrogens is 1. The number of carbonyl (C=O) groups excluding carboxylic acids is 2. The summed E-state index contributed by atoms with van der Waals surface area (Å²) in [7, 11) is 5.15. The standard InChI is InChI=1S/C29H32N6O3/c1-19-7-8-27(38-4)24(14-19)22-15-21(16-25-23(22)17-26(31-25)29(37)33(2)3)20-6-5-11-34(18-20)28(36)9-12-35-13-10-30-32-35/h6-8,10,13-17,31H,5,9,11-12,18H2,1-4H3. The molecular formula is C29H32N6O3. The summed E-state index contributed by atoms with van der Waals surface area (Å²) in [5.41, 5.74) is 6.52. The molecule has 2 aromatic carbocycles. The predicted octanol–water partition coefficient (Wildman–Crippen LogP) is 4.15. The first-order chi connectivity index (χ1) is 18.3. The van der Waals surface area contributed by atoms with E-state index in [1.54, 1.807) is 43.2 Å². The molecule has 2 aromatic heterocycles. The lowest BCUT2D eigenvalue weighted by Crippen LogP contribution is -2.35. The van der Waals surface area contributed by atoms with Gasteiger partial charge in [-0.2, -0.15) is 0 Å². The summed E-state index contributed by atoms with van der Waals surface area (Å²) >= 11 is 0. The highest BCUT2D eigenvalue weighted by atomic mass is 16.5. The average molecular weight is 513 g/mol. The van der Waals surface area contributed by atoms with Gasteiger partial charge in [0.05, 0.1) is 19.9 Å². The smallest absolute Gasteiger partial charge is 0.269 e. The van der Waals surface area contributed by atoms with Gasteiger partial charge in [0, 0.05) is 56.3 Å². The van der Waals surface area contributed by atoms with Crippen LogP contribution in [0.2, 0.25) is 0 Å². The molecule has 4 aromatic rings. The third-order valence-corrected chi connectivity index (χ3v) is 6.92. The highest BCUT2D eigenvalue weighted by molar-refractivity contribution is 6.05. The lowest BCUT2D eigenvalue weighted by molar-refractivity contribution is -0.131. The van der Waals surface area contributed by atoms with Crippen molar-refractivity contribution in [2.24, 2.45) is 0 Å². The Labute approximate surface area is 221 Å². The summed E-state index contributed by atoms with van der Waals surface area (Å²) in [5.74, 6) is 0.760. The SMILES string of the molecule is COc1ccc(C)cc1-c1cc(C2=CCCN(C(=O)CCn3ccnn3)C2)cc2[nH]c(C(=O)N(C)C)cc12. The van der Waals surface area contributed by atoms with Gasteiger partial charge in [0.15, 0.2) is 0 Å². The minimum absolute atomic E-state index is 0.0893. The zero-order valence-corrected chi connectivity index (χ0v) is 22.2. The van der Waals surface area contributed by atoms with Crippen molar-refractivity contribution in [1.29, 1.82) is 0 Å². The van der Waals surface area contributed by atoms with E-state index >= 15 is 0 Å². The van der Waals surface area contributed by atoms with Crippen molar-refractivity contribution in [2.45, 2.75) is 26.3 Å². The summed E-state index contributed by atoms with van der Waals surface area (Å²) in [6, 6.07) is 12.2. The Bertz CT molecular complexity index is 1520. The van der Waals surface area contributed by atoms with Crippen LogP contribution in [0.5, 0.6) is 5.75 Å². The summed E-state index contributed by atoms with van der Waals surface area (Å²) in [6.07, 6.45) is 6.72. The quantitative estimate of drug-likeness (QED) is 0.401. The van der Waals surface area contributed by atoms with Gasteiger partial charge in [0.2, 0.25) is 5.91 Å². The van der Waals surface area contributed by atoms with E-state index in [4.69, 9.17) is 4.74 Å². The van der Waals surface area contributed by atoms with E-state index in [0.29, 0.717) is 31.7 Å². The maximum Gasteiger partial charge on any atom is 0.269 e. The lowest BCUT2D eigenvalue weighted by atomic mass is 9.93. The van der Waals surface area contributed by atoms with Crippen molar-refractivity contribution < 1.29 is 14.3 Å². The monoisotopic (exact) mass is 512 g/mol. The number of methoxy groups -OCH3 is 1. The molecule has 0 saturated carbocycles. The van der Waals surface area contributed by atoms with Crippen LogP contribution >= 0.6 is 0 Å². The van der Waals surface area contributed by atoms with Gasteiger partial charge < -0.3 is 19.5 Å². The van der Waals surface area contributed by atoms with Crippen LogP contribution < -0.4 is 4.74 Å². The van der Waals surface area contributed by atoms with E-state index in [0.717, 1.165) is 50.9 Å². The van der Waals surface area contributed by atoms with Gasteiger partial charge in [-0.3, -0.25) is 14.3 Å². The molecule has 38 heavy (non-hydrogen) atoms. The van der Waals surface area contributed by atoms with Crippen LogP contribution in [0.4, 0.5) is 0 Å². The van der Waals surface area contributed by atoms with Crippen LogP contribution in [-0.2, 0) is 11.3 Å². The Morgan fingerprint density at radius 3 is 2.71 bits per heavy atom. The molecule has 0 aliphatic carbocycles. The summed E-state index contributed by atoms with van der Waals surface area (Å²) in [4.78, 5) is 32.6. The van der Waals surface area contributed by atoms with Crippen LogP contribution in [0.15, 0.2) is 54.9 Å². The first kappa shape index (κ1) is 25.3. The van der Waals surface area contributed by atoms with E-state index in [-0.39, 0.29) is 11.8 Å². The molecule has 2 amide bonds. The number of nitrogens with one attached hydrogen (secondary N) is 1. The maximum absolute atomic E-state index is 13.0. The van der Waals surface area contributed by atoms with Gasteiger partial charge in [-0.15, -0.1) is 5.10 Å². The van der Waals surface area contributed by atoms with E-state index < -0.39 is 0 Å². The molecule has 9 heteroatoms. The Morgan fingerprint density at radius 2 is 1.97 bits per heavy atom. The number of ether oxygens (including phenoxy) is 1. The van der Waals surface area contributed by atoms with Gasteiger partial charge in [0.25, 0.3) is 5.91 Å². The number of aryl methyl sites for hydroxylation is 2. The van der Waals surface area contributed by atoms with Crippen molar-refractivity contribution in [3.05, 3.63) is 71.7 Å². The number of aromatic amines is 1. The molecule has 0 fully saturated rings. The molecular weight excluding hydrogens is 480 g/mol. The van der Waals surface area contributed by atoms with Gasteiger partial charge in [-0.1, -0.05) is 22.9 Å². The minimum Gasteiger partial charge on any atom is -0.496 e. The fourth-order valence-corrected chi connectivity index (χ4v) is 4.92. The second-order valence-electron chi connectivity index (χ2n) is 9.82. The number of nitrogens with zero attached hydrogens (tertiary/aromatic N) is 5. The second-order valence-corrected chi connectivity index (χ2v) is 9.82. The number of fused-ring (bicyclic) bond motifs is 1. The van der Waals surface area contributed by atoms with Crippen molar-refractivity contribution >= 4 is 28.3 Å². The number of carbonyl (C=O) groups is 2. The molecule has 0 spiro atoms. The number of amides is 2. The van der Waals surface area contributed by atoms with Gasteiger partial charge in [-0.05, 0) is 60.4 Å². The first-order valence-electron chi connectivity index (χ1n) is 12.7. The maximum atomic E-state index is 13.0. The number of aromatic nitrogens is 4. The first-order valence-corrected chi connectivity index (χ1v) is 12.7. The molecule has 196 valence electrons. The Kier molecular flexibility index (Phi) is 7.00. The molecule has 0 atom stereocenters. The zero-order valence-electron chi connectivity index (χ0n) is 22.2. The molecule has 0 unspecified atom stereocenters. The van der Waals surface area contributed by atoms with Crippen molar-refractivity contribution in [2.75, 3.05) is 34.3 Å². The van der Waals surface area contributed by atoms with Crippen LogP contribution in [0.25, 0.3) is 27.6 Å². The van der Waals surface area contributed by atoms with E-state index in [2.05, 4.69) is 46.5 Å². The number of benzene rings is 2. The average Bonchev–Trinajstić information content (AvgIpc) is 3.60. The van der Waals surface area contributed by atoms with Crippen LogP contribution in [0.1, 0.15) is 34.5 Å². The highest BCUT2D eigenvalue weighted by Crippen LogP contribution is 2.39. The van der Waals surface area contributed by atoms with Crippen LogP contribution in [0.3, 0.4) is 0 Å². The lowest BCUT2D eigenvalue weighted by Gasteiger charge is -2.28. The third kappa shape index (κ3) is 5.04. The van der Waals surface area contributed by atoms with Gasteiger partial charge in [0.1, 0.15) is 11.4 Å². The Balaban J connectivity index is 1.53. The van der Waals surface area contributed by atoms with Crippen molar-refractivity contribution in [3.8, 4) is 16.9 Å². The van der Waals surface area contributed by atoms with E-state index in [9.17, 15) is 9.59 Å². The number of hydrogen-bond acceptors (Lipinski definition) is 5. The van der Waals surface area contributed by atoms with Crippen molar-refractivity contribution in [1.82, 2.24) is 29.8 Å². The molecule has 3 heterocycles. The van der Waals surface area contributed by atoms with E-state index in [1.165, 1.54) is 0 Å². The van der Waals surface area contributed by atoms with Gasteiger partial charge in [-0.25, -0.2) is 0 Å². The predicted molar refractivity (Wildman–Crippen MR) is 147 cm³/mol. The molecule has 0 saturated heterocycles. The van der Waals surface area contributed by atoms with Crippen molar-refractivity contribution in [3.63, 3.8) is 0 Å². The molecule has 0 radical (unpaired) electrons. The zero-order chi connectivity index (χ0) is 26.8.